The minimum atomic E-state index is -0.852. The lowest BCUT2D eigenvalue weighted by atomic mass is 9.59. The Bertz CT molecular complexity index is 1590. The van der Waals surface area contributed by atoms with E-state index in [1.54, 1.807) is 0 Å². The summed E-state index contributed by atoms with van der Waals surface area (Å²) >= 11 is 0. The topological polar surface area (TPSA) is 150 Å². The van der Waals surface area contributed by atoms with Gasteiger partial charge in [0.15, 0.2) is 16.2 Å². The molecule has 3 aliphatic heterocycles. The molecule has 0 spiro atoms. The Morgan fingerprint density at radius 3 is 1.91 bits per heavy atom. The Labute approximate surface area is 265 Å². The maximum absolute atomic E-state index is 12.0. The molecule has 9 heteroatoms. The molecule has 6 aliphatic carbocycles. The highest BCUT2D eigenvalue weighted by Gasteiger charge is 2.82. The second-order valence-electron chi connectivity index (χ2n) is 17.7. The predicted molar refractivity (Wildman–Crippen MR) is 158 cm³/mol. The first-order valence-electron chi connectivity index (χ1n) is 16.7. The van der Waals surface area contributed by atoms with Crippen LogP contribution in [0.25, 0.3) is 0 Å². The summed E-state index contributed by atoms with van der Waals surface area (Å²) in [7, 11) is 0. The van der Waals surface area contributed by atoms with Crippen LogP contribution in [-0.2, 0) is 28.6 Å². The molecule has 9 aliphatic rings. The van der Waals surface area contributed by atoms with Crippen molar-refractivity contribution < 1.29 is 28.6 Å². The molecule has 0 N–H and O–H groups in total. The first-order valence-corrected chi connectivity index (χ1v) is 16.7. The lowest BCUT2D eigenvalue weighted by Gasteiger charge is -2.43. The van der Waals surface area contributed by atoms with Crippen LogP contribution in [-0.4, -0.2) is 35.7 Å². The van der Waals surface area contributed by atoms with Gasteiger partial charge in [0.05, 0.1) is 18.2 Å². The lowest BCUT2D eigenvalue weighted by Crippen LogP contribution is -2.48. The Hall–Kier alpha value is -3.12. The third-order valence-corrected chi connectivity index (χ3v) is 16.3. The van der Waals surface area contributed by atoms with Crippen molar-refractivity contribution in [1.82, 2.24) is 0 Å². The minimum absolute atomic E-state index is 0.0180. The van der Waals surface area contributed by atoms with Crippen LogP contribution in [0, 0.1) is 107 Å². The number of hydrogen-bond acceptors (Lipinski definition) is 9. The number of carbonyl (C=O) groups excluding carboxylic acids is 3. The SMILES string of the molecule is CC1(C)C2CC3C(C#N)(C2)C(=O)OC31C.CC1C2CC3(C)C1OC(=O)C3(C#N)C2C.CC1C2OC(=O)C3(C#N)CC1(C)CC23C. The average Bonchev–Trinajstić information content (AvgIpc) is 3.79. The zero-order valence-electron chi connectivity index (χ0n) is 27.9. The number of ether oxygens (including phenoxy) is 3. The van der Waals surface area contributed by atoms with Crippen molar-refractivity contribution >= 4 is 17.9 Å². The molecule has 0 radical (unpaired) electrons. The van der Waals surface area contributed by atoms with E-state index >= 15 is 0 Å². The van der Waals surface area contributed by atoms with Gasteiger partial charge in [-0.05, 0) is 74.0 Å². The zero-order chi connectivity index (χ0) is 33.1. The van der Waals surface area contributed by atoms with Crippen LogP contribution in [0.5, 0.6) is 0 Å². The van der Waals surface area contributed by atoms with Gasteiger partial charge in [-0.2, -0.15) is 15.8 Å². The third-order valence-electron chi connectivity index (χ3n) is 16.3. The van der Waals surface area contributed by atoms with Crippen LogP contribution in [0.15, 0.2) is 0 Å². The average molecular weight is 616 g/mol. The van der Waals surface area contributed by atoms with Crippen LogP contribution in [0.3, 0.4) is 0 Å². The maximum atomic E-state index is 12.0. The Kier molecular flexibility index (Phi) is 5.58. The summed E-state index contributed by atoms with van der Waals surface area (Å²) in [5.41, 5.74) is -3.27. The fourth-order valence-corrected chi connectivity index (χ4v) is 13.1. The summed E-state index contributed by atoms with van der Waals surface area (Å²) in [5, 5.41) is 28.0. The van der Waals surface area contributed by atoms with Crippen LogP contribution in [0.2, 0.25) is 0 Å². The number of carbonyl (C=O) groups is 3. The largest absolute Gasteiger partial charge is 0.460 e. The van der Waals surface area contributed by atoms with Crippen molar-refractivity contribution in [3.8, 4) is 18.2 Å². The predicted octanol–water partition coefficient (Wildman–Crippen LogP) is 5.49. The van der Waals surface area contributed by atoms with Crippen molar-refractivity contribution in [3.63, 3.8) is 0 Å². The summed E-state index contributed by atoms with van der Waals surface area (Å²) in [4.78, 5) is 35.8. The van der Waals surface area contributed by atoms with Gasteiger partial charge in [0, 0.05) is 22.2 Å². The molecule has 9 rings (SSSR count). The third kappa shape index (κ3) is 2.83. The molecule has 0 aromatic rings. The van der Waals surface area contributed by atoms with E-state index in [1.807, 2.05) is 13.8 Å². The van der Waals surface area contributed by atoms with E-state index in [9.17, 15) is 30.2 Å². The van der Waals surface area contributed by atoms with Gasteiger partial charge in [0.1, 0.15) is 17.8 Å². The first kappa shape index (κ1) is 30.5. The maximum Gasteiger partial charge on any atom is 0.327 e. The minimum Gasteiger partial charge on any atom is -0.460 e. The molecular formula is C36H45N3O6. The fraction of sp³-hybridized carbons (Fsp3) is 0.833. The van der Waals surface area contributed by atoms with E-state index in [2.05, 4.69) is 66.7 Å². The van der Waals surface area contributed by atoms with Crippen LogP contribution in [0.1, 0.15) is 94.4 Å². The second-order valence-corrected chi connectivity index (χ2v) is 17.7. The number of rotatable bonds is 0. The summed E-state index contributed by atoms with van der Waals surface area (Å²) in [6, 6.07) is 6.79. The Morgan fingerprint density at radius 1 is 0.733 bits per heavy atom. The summed E-state index contributed by atoms with van der Waals surface area (Å²) in [6.45, 7) is 19.0. The molecule has 0 aromatic carbocycles. The fourth-order valence-electron chi connectivity index (χ4n) is 13.1. The molecule has 240 valence electrons. The van der Waals surface area contributed by atoms with Crippen molar-refractivity contribution in [1.29, 1.82) is 15.8 Å². The summed E-state index contributed by atoms with van der Waals surface area (Å²) in [6.07, 6.45) is 4.22. The van der Waals surface area contributed by atoms with Gasteiger partial charge in [-0.25, -0.2) is 0 Å². The van der Waals surface area contributed by atoms with Gasteiger partial charge in [0.25, 0.3) is 0 Å². The molecule has 15 atom stereocenters. The first-order chi connectivity index (χ1) is 20.8. The van der Waals surface area contributed by atoms with E-state index in [1.165, 1.54) is 0 Å². The highest BCUT2D eigenvalue weighted by molar-refractivity contribution is 5.87. The number of esters is 3. The van der Waals surface area contributed by atoms with Gasteiger partial charge in [-0.3, -0.25) is 14.4 Å². The molecule has 9 nitrogen and oxygen atoms in total. The van der Waals surface area contributed by atoms with Crippen molar-refractivity contribution in [2.75, 3.05) is 0 Å². The molecule has 6 bridgehead atoms. The monoisotopic (exact) mass is 615 g/mol. The zero-order valence-corrected chi connectivity index (χ0v) is 27.9. The van der Waals surface area contributed by atoms with Crippen LogP contribution in [0.4, 0.5) is 0 Å². The quantitative estimate of drug-likeness (QED) is 0.254. The van der Waals surface area contributed by atoms with E-state index in [0.717, 1.165) is 19.3 Å². The van der Waals surface area contributed by atoms with Gasteiger partial charge in [0.2, 0.25) is 0 Å². The molecule has 9 fully saturated rings. The van der Waals surface area contributed by atoms with Gasteiger partial charge < -0.3 is 14.2 Å². The van der Waals surface area contributed by atoms with Crippen LogP contribution < -0.4 is 0 Å². The van der Waals surface area contributed by atoms with Gasteiger partial charge in [-0.1, -0.05) is 55.4 Å². The second kappa shape index (κ2) is 8.23. The molecule has 6 saturated carbocycles. The molecule has 45 heavy (non-hydrogen) atoms. The van der Waals surface area contributed by atoms with E-state index in [-0.39, 0.29) is 63.6 Å². The van der Waals surface area contributed by atoms with E-state index < -0.39 is 21.8 Å². The van der Waals surface area contributed by atoms with Crippen molar-refractivity contribution in [2.24, 2.45) is 73.4 Å². The van der Waals surface area contributed by atoms with E-state index in [0.29, 0.717) is 36.5 Å². The normalized spacial score (nSPS) is 58.4. The van der Waals surface area contributed by atoms with Crippen molar-refractivity contribution in [2.45, 2.75) is 112 Å². The molecular weight excluding hydrogens is 570 g/mol. The number of hydrogen-bond donors (Lipinski definition) is 0. The molecule has 0 aromatic heterocycles. The molecule has 0 amide bonds. The molecule has 3 saturated heterocycles. The summed E-state index contributed by atoms with van der Waals surface area (Å²) < 4.78 is 16.5. The Balaban J connectivity index is 0.000000108. The molecule has 15 unspecified atom stereocenters. The summed E-state index contributed by atoms with van der Waals surface area (Å²) in [5.74, 6) is 1.18. The van der Waals surface area contributed by atoms with Gasteiger partial charge >= 0.3 is 17.9 Å². The Morgan fingerprint density at radius 2 is 1.38 bits per heavy atom. The molecule has 3 heterocycles. The number of nitrogens with zero attached hydrogens (tertiary/aromatic N) is 3. The van der Waals surface area contributed by atoms with Gasteiger partial charge in [-0.15, -0.1) is 0 Å². The number of fused-ring (bicyclic) bond motifs is 3. The number of nitriles is 3. The highest BCUT2D eigenvalue weighted by Crippen LogP contribution is 2.76. The standard InChI is InChI=1S/3C12H15NO2/c1-10(2)7-4-8-11(10,3)15-9(14)12(8,5-7)6-13;1-7-8-11(3)4-10(7,2)5-12(11,6-13)9(14)15-8;1-6-8-4-11(3)9(6)15-10(14)12(11,5-13)7(8)2/h2*7-8H,4-5H2,1-3H3;6-9H,4H2,1-3H3. The highest BCUT2D eigenvalue weighted by atomic mass is 16.6. The lowest BCUT2D eigenvalue weighted by molar-refractivity contribution is -0.157. The smallest absolute Gasteiger partial charge is 0.327 e. The van der Waals surface area contributed by atoms with E-state index in [4.69, 9.17) is 14.2 Å². The van der Waals surface area contributed by atoms with Crippen molar-refractivity contribution in [3.05, 3.63) is 0 Å². The van der Waals surface area contributed by atoms with Crippen LogP contribution >= 0.6 is 0 Å².